The van der Waals surface area contributed by atoms with Crippen LogP contribution in [-0.4, -0.2) is 92.8 Å². The minimum absolute atomic E-state index is 0. The molecular weight excluding hydrogens is 1010 g/mol. The minimum Gasteiger partial charge on any atom is -0.870 e. The summed E-state index contributed by atoms with van der Waals surface area (Å²) < 4.78 is 21.5. The van der Waals surface area contributed by atoms with Crippen molar-refractivity contribution < 1.29 is 130 Å². The molecule has 14 nitrogen and oxygen atoms in total. The van der Waals surface area contributed by atoms with E-state index in [1.807, 2.05) is 27.7 Å². The molecule has 2 aliphatic carbocycles. The van der Waals surface area contributed by atoms with Gasteiger partial charge in [-0.25, -0.2) is 0 Å². The summed E-state index contributed by atoms with van der Waals surface area (Å²) in [4.78, 5) is 18.7. The molecule has 0 saturated heterocycles. The average Bonchev–Trinajstić information content (AvgIpc) is 3.32. The molecule has 0 spiro atoms. The Morgan fingerprint density at radius 3 is 0.868 bits per heavy atom. The molecule has 4 aromatic carbocycles. The van der Waals surface area contributed by atoms with Crippen LogP contribution < -0.4 is 90.8 Å². The van der Waals surface area contributed by atoms with Gasteiger partial charge in [0, 0.05) is 32.0 Å². The van der Waals surface area contributed by atoms with Crippen LogP contribution in [0, 0.1) is 0 Å². The summed E-state index contributed by atoms with van der Waals surface area (Å²) in [6.45, 7) is 9.18. The minimum atomic E-state index is -0.150. The molecule has 18 heteroatoms. The number of thiocarbonyl (C=S) groups is 1. The monoisotopic (exact) mass is 1070 g/mol. The van der Waals surface area contributed by atoms with Crippen molar-refractivity contribution in [1.82, 2.24) is 0 Å². The Morgan fingerprint density at radius 1 is 0.500 bits per heavy atom. The second kappa shape index (κ2) is 37.3. The van der Waals surface area contributed by atoms with E-state index in [0.717, 1.165) is 58.5 Å². The summed E-state index contributed by atoms with van der Waals surface area (Å²) in [5.41, 5.74) is 2.06. The van der Waals surface area contributed by atoms with E-state index in [4.69, 9.17) is 29.5 Å². The summed E-state index contributed by atoms with van der Waals surface area (Å²) in [6, 6.07) is 20.8. The first-order valence-electron chi connectivity index (χ1n) is 22.0. The number of aliphatic hydroxyl groups excluding tert-OH is 1. The van der Waals surface area contributed by atoms with Gasteiger partial charge in [-0.05, 0) is 99.9 Å². The molecular formula is C50H60Cu2KN5O9S. The molecule has 2 radical (unpaired) electrons. The standard InChI is InChI=1S/2C24H30N2O4.CNS.CH4O.2Cu.K/c2*1-3-29-21-13-7-9-17(23(21)27)15-25-19-11-5-6-12-20(19)26-16-18-10-8-14-22(24(18)28)30-4-2;2-1-3;1-2;;;/h2*7-10,13-16,19-20,27-28H,3-6,11-12H2,1-2H3;;2H,1H3;;;/q;;-1;;2*+2;+1/p-4/t2*19-,20-;;;;;/m11...../s1. The van der Waals surface area contributed by atoms with Gasteiger partial charge in [-0.1, -0.05) is 109 Å². The Bertz CT molecular complexity index is 1920. The molecule has 1 N–H and O–H groups in total. The summed E-state index contributed by atoms with van der Waals surface area (Å²) in [7, 11) is 1.00. The number of aliphatic imine (C=N–C) groups is 4. The van der Waals surface area contributed by atoms with Gasteiger partial charge in [0.2, 0.25) is 0 Å². The van der Waals surface area contributed by atoms with Crippen LogP contribution in [0.5, 0.6) is 46.0 Å². The number of nitrogens with zero attached hydrogens (tertiary/aromatic N) is 5. The smallest absolute Gasteiger partial charge is 0.870 e. The molecule has 368 valence electrons. The molecule has 2 aliphatic rings. The second-order valence-corrected chi connectivity index (χ2v) is 14.7. The molecule has 6 rings (SSSR count). The zero-order valence-corrected chi connectivity index (χ0v) is 45.3. The summed E-state index contributed by atoms with van der Waals surface area (Å²) in [5, 5.41) is 65.3. The van der Waals surface area contributed by atoms with Crippen LogP contribution in [0.15, 0.2) is 92.8 Å². The number of ether oxygens (including phenoxy) is 4. The molecule has 0 amide bonds. The van der Waals surface area contributed by atoms with Crippen molar-refractivity contribution in [2.75, 3.05) is 33.5 Å². The van der Waals surface area contributed by atoms with E-state index in [1.165, 1.54) is 5.16 Å². The largest absolute Gasteiger partial charge is 2.00 e. The third-order valence-corrected chi connectivity index (χ3v) is 10.2. The molecule has 68 heavy (non-hydrogen) atoms. The topological polar surface area (TPSA) is 221 Å². The average molecular weight is 1070 g/mol. The fourth-order valence-electron chi connectivity index (χ4n) is 7.20. The maximum Gasteiger partial charge on any atom is 2.00 e. The van der Waals surface area contributed by atoms with Gasteiger partial charge in [0.05, 0.1) is 50.6 Å². The van der Waals surface area contributed by atoms with Crippen LogP contribution >= 0.6 is 12.2 Å². The van der Waals surface area contributed by atoms with Crippen molar-refractivity contribution >= 4 is 42.2 Å². The first kappa shape index (κ1) is 64.4. The number of hydrogen-bond acceptors (Lipinski definition) is 14. The number of isothiocyanates is 1. The Kier molecular flexibility index (Phi) is 35.3. The van der Waals surface area contributed by atoms with Crippen LogP contribution in [0.2, 0.25) is 0 Å². The Balaban J connectivity index is 0.00000116. The van der Waals surface area contributed by atoms with Crippen molar-refractivity contribution in [2.45, 2.75) is 103 Å². The van der Waals surface area contributed by atoms with E-state index in [-0.39, 0.29) is 133 Å². The molecule has 4 atom stereocenters. The van der Waals surface area contributed by atoms with Crippen molar-refractivity contribution in [3.63, 3.8) is 0 Å². The zero-order chi connectivity index (χ0) is 47.4. The molecule has 0 unspecified atom stereocenters. The summed E-state index contributed by atoms with van der Waals surface area (Å²) in [5.74, 6) is 0.776. The number of aliphatic hydroxyl groups is 1. The van der Waals surface area contributed by atoms with Gasteiger partial charge in [0.15, 0.2) is 0 Å². The zero-order valence-electron chi connectivity index (χ0n) is 39.5. The summed E-state index contributed by atoms with van der Waals surface area (Å²) >= 11 is 3.70. The van der Waals surface area contributed by atoms with Gasteiger partial charge >= 0.3 is 85.5 Å². The number of hydrogen-bond donors (Lipinski definition) is 1. The van der Waals surface area contributed by atoms with Crippen LogP contribution in [0.25, 0.3) is 5.41 Å². The Hall–Kier alpha value is -3.60. The predicted molar refractivity (Wildman–Crippen MR) is 255 cm³/mol. The van der Waals surface area contributed by atoms with E-state index in [9.17, 15) is 20.4 Å². The third kappa shape index (κ3) is 20.8. The fourth-order valence-corrected chi connectivity index (χ4v) is 7.20. The van der Waals surface area contributed by atoms with Crippen LogP contribution in [-0.2, 0) is 34.1 Å². The van der Waals surface area contributed by atoms with Crippen molar-refractivity contribution in [3.8, 4) is 46.0 Å². The van der Waals surface area contributed by atoms with Gasteiger partial charge in [0.25, 0.3) is 0 Å². The third-order valence-electron chi connectivity index (χ3n) is 10.2. The fraction of sp³-hybridized carbons (Fsp3) is 0.420. The molecule has 2 saturated carbocycles. The quantitative estimate of drug-likeness (QED) is 0.0956. The number of rotatable bonds is 16. The van der Waals surface area contributed by atoms with Crippen molar-refractivity contribution in [3.05, 3.63) is 100 Å². The van der Waals surface area contributed by atoms with E-state index in [0.29, 0.717) is 71.7 Å². The number of para-hydroxylation sites is 4. The molecule has 0 bridgehead atoms. The molecule has 2 fully saturated rings. The maximum absolute atomic E-state index is 12.5. The second-order valence-electron chi connectivity index (χ2n) is 14.5. The number of benzene rings is 4. The summed E-state index contributed by atoms with van der Waals surface area (Å²) in [6.07, 6.45) is 14.5. The van der Waals surface area contributed by atoms with Gasteiger partial charge in [-0.15, -0.1) is 0 Å². The predicted octanol–water partition coefficient (Wildman–Crippen LogP) is 4.23. The van der Waals surface area contributed by atoms with Crippen LogP contribution in [0.1, 0.15) is 101 Å². The van der Waals surface area contributed by atoms with Gasteiger partial charge < -0.3 is 49.9 Å². The Labute approximate surface area is 470 Å². The molecule has 4 aromatic rings. The van der Waals surface area contributed by atoms with E-state index >= 15 is 0 Å². The van der Waals surface area contributed by atoms with Gasteiger partial charge in [-0.2, -0.15) is 5.16 Å². The first-order valence-corrected chi connectivity index (χ1v) is 22.4. The van der Waals surface area contributed by atoms with Gasteiger partial charge in [0.1, 0.15) is 23.0 Å². The van der Waals surface area contributed by atoms with E-state index in [1.54, 1.807) is 97.7 Å². The van der Waals surface area contributed by atoms with E-state index < -0.39 is 0 Å². The van der Waals surface area contributed by atoms with Crippen LogP contribution in [0.3, 0.4) is 0 Å². The normalized spacial score (nSPS) is 17.3. The van der Waals surface area contributed by atoms with E-state index in [2.05, 4.69) is 32.2 Å². The first-order chi connectivity index (χ1) is 31.7. The SMILES string of the molecule is CCOc1cccc(C=N[C@@H]2CCCC[C@H]2N=Cc2cccc(OCC)c2[O-])c1[O-].CCOc1cccc(C=N[C@@H]2CCCC[C@H]2N=Cc2cccc(OCC)c2[O-])c1[O-].CO.[Cu+2].[Cu+2].[K+].[N-]=C=S. The molecule has 0 heterocycles. The van der Waals surface area contributed by atoms with Crippen molar-refractivity contribution in [1.29, 1.82) is 0 Å². The van der Waals surface area contributed by atoms with Crippen molar-refractivity contribution in [2.24, 2.45) is 20.0 Å². The maximum atomic E-state index is 12.5. The molecule has 0 aromatic heterocycles. The Morgan fingerprint density at radius 2 is 0.691 bits per heavy atom. The van der Waals surface area contributed by atoms with Gasteiger partial charge in [-0.3, -0.25) is 20.0 Å². The van der Waals surface area contributed by atoms with Crippen LogP contribution in [0.4, 0.5) is 0 Å². The molecule has 0 aliphatic heterocycles.